The van der Waals surface area contributed by atoms with Crippen LogP contribution in [-0.4, -0.2) is 19.0 Å². The van der Waals surface area contributed by atoms with Crippen LogP contribution >= 0.6 is 11.3 Å². The van der Waals surface area contributed by atoms with Crippen LogP contribution < -0.4 is 16.0 Å². The summed E-state index contributed by atoms with van der Waals surface area (Å²) in [5, 5.41) is 9.95. The first-order valence-electron chi connectivity index (χ1n) is 7.70. The van der Waals surface area contributed by atoms with Gasteiger partial charge in [0.05, 0.1) is 4.88 Å². The summed E-state index contributed by atoms with van der Waals surface area (Å²) in [6, 6.07) is 18.4. The van der Waals surface area contributed by atoms with E-state index in [1.54, 1.807) is 31.3 Å². The predicted molar refractivity (Wildman–Crippen MR) is 102 cm³/mol. The lowest BCUT2D eigenvalue weighted by Gasteiger charge is -2.09. The summed E-state index contributed by atoms with van der Waals surface area (Å²) in [7, 11) is 1.54. The molecule has 2 aromatic carbocycles. The van der Waals surface area contributed by atoms with Crippen LogP contribution in [0.2, 0.25) is 0 Å². The molecule has 1 heterocycles. The first kappa shape index (κ1) is 16.7. The molecule has 3 aromatic rings. The Labute approximate surface area is 149 Å². The minimum absolute atomic E-state index is 0.175. The normalized spacial score (nSPS) is 10.1. The van der Waals surface area contributed by atoms with Crippen molar-refractivity contribution in [3.63, 3.8) is 0 Å². The van der Waals surface area contributed by atoms with Crippen LogP contribution in [0, 0.1) is 0 Å². The van der Waals surface area contributed by atoms with Gasteiger partial charge in [-0.3, -0.25) is 4.79 Å². The first-order chi connectivity index (χ1) is 12.2. The molecule has 0 radical (unpaired) electrons. The highest BCUT2D eigenvalue weighted by Gasteiger charge is 2.15. The van der Waals surface area contributed by atoms with Gasteiger partial charge in [-0.2, -0.15) is 0 Å². The van der Waals surface area contributed by atoms with Crippen molar-refractivity contribution in [2.75, 3.05) is 17.7 Å². The van der Waals surface area contributed by atoms with Crippen molar-refractivity contribution < 1.29 is 9.59 Å². The third-order valence-electron chi connectivity index (χ3n) is 3.56. The quantitative estimate of drug-likeness (QED) is 0.651. The van der Waals surface area contributed by atoms with E-state index < -0.39 is 0 Å². The molecule has 3 rings (SSSR count). The molecule has 5 nitrogen and oxygen atoms in total. The monoisotopic (exact) mass is 351 g/mol. The van der Waals surface area contributed by atoms with Crippen molar-refractivity contribution >= 4 is 34.6 Å². The lowest BCUT2D eigenvalue weighted by Crippen LogP contribution is -2.24. The number of carbonyl (C=O) groups is 2. The molecule has 25 heavy (non-hydrogen) atoms. The van der Waals surface area contributed by atoms with Gasteiger partial charge in [0.15, 0.2) is 0 Å². The minimum Gasteiger partial charge on any atom is -0.341 e. The van der Waals surface area contributed by atoms with Crippen LogP contribution in [0.4, 0.5) is 16.2 Å². The topological polar surface area (TPSA) is 70.2 Å². The van der Waals surface area contributed by atoms with E-state index in [9.17, 15) is 9.59 Å². The van der Waals surface area contributed by atoms with Crippen LogP contribution in [0.15, 0.2) is 66.0 Å². The Balaban J connectivity index is 1.79. The summed E-state index contributed by atoms with van der Waals surface area (Å²) in [5.41, 5.74) is 3.13. The molecule has 0 unspecified atom stereocenters. The van der Waals surface area contributed by atoms with Gasteiger partial charge in [0, 0.05) is 24.0 Å². The molecular formula is C19H17N3O2S. The Morgan fingerprint density at radius 2 is 1.60 bits per heavy atom. The molecule has 0 spiro atoms. The summed E-state index contributed by atoms with van der Waals surface area (Å²) in [5.74, 6) is -0.175. The van der Waals surface area contributed by atoms with Gasteiger partial charge in [-0.05, 0) is 35.2 Å². The molecule has 0 aliphatic heterocycles. The fourth-order valence-electron chi connectivity index (χ4n) is 2.39. The third-order valence-corrected chi connectivity index (χ3v) is 4.47. The van der Waals surface area contributed by atoms with Crippen molar-refractivity contribution in [2.24, 2.45) is 0 Å². The maximum Gasteiger partial charge on any atom is 0.318 e. The summed E-state index contributed by atoms with van der Waals surface area (Å²) in [4.78, 5) is 24.7. The number of nitrogens with one attached hydrogen (secondary N) is 3. The first-order valence-corrected chi connectivity index (χ1v) is 8.58. The number of benzene rings is 2. The Morgan fingerprint density at radius 3 is 2.32 bits per heavy atom. The lowest BCUT2D eigenvalue weighted by atomic mass is 10.1. The van der Waals surface area contributed by atoms with Gasteiger partial charge in [0.2, 0.25) is 0 Å². The number of thiophene rings is 1. The molecule has 0 saturated heterocycles. The van der Waals surface area contributed by atoms with E-state index in [0.29, 0.717) is 16.3 Å². The SMILES string of the molecule is CNC(=O)Nc1cccc(NC(=O)c2sccc2-c2ccccc2)c1. The van der Waals surface area contributed by atoms with E-state index in [2.05, 4.69) is 16.0 Å². The molecule has 3 N–H and O–H groups in total. The average molecular weight is 351 g/mol. The largest absolute Gasteiger partial charge is 0.341 e. The number of rotatable bonds is 4. The highest BCUT2D eigenvalue weighted by atomic mass is 32.1. The maximum atomic E-state index is 12.7. The minimum atomic E-state index is -0.312. The number of amides is 3. The van der Waals surface area contributed by atoms with Crippen molar-refractivity contribution in [1.29, 1.82) is 0 Å². The second kappa shape index (κ2) is 7.63. The zero-order chi connectivity index (χ0) is 17.6. The molecule has 126 valence electrons. The Kier molecular flexibility index (Phi) is 5.11. The molecule has 6 heteroatoms. The van der Waals surface area contributed by atoms with Gasteiger partial charge in [-0.25, -0.2) is 4.79 Å². The highest BCUT2D eigenvalue weighted by Crippen LogP contribution is 2.29. The smallest absolute Gasteiger partial charge is 0.318 e. The Morgan fingerprint density at radius 1 is 0.880 bits per heavy atom. The van der Waals surface area contributed by atoms with Crippen molar-refractivity contribution in [3.05, 3.63) is 70.9 Å². The van der Waals surface area contributed by atoms with Crippen molar-refractivity contribution in [1.82, 2.24) is 5.32 Å². The van der Waals surface area contributed by atoms with Crippen molar-refractivity contribution in [2.45, 2.75) is 0 Å². The van der Waals surface area contributed by atoms with Crippen LogP contribution in [0.25, 0.3) is 11.1 Å². The zero-order valence-electron chi connectivity index (χ0n) is 13.6. The standard InChI is InChI=1S/C19H17N3O2S/c1-20-19(24)22-15-9-5-8-14(12-15)21-18(23)17-16(10-11-25-17)13-6-3-2-4-7-13/h2-12H,1H3,(H,21,23)(H2,20,22,24). The summed E-state index contributed by atoms with van der Waals surface area (Å²) in [6.07, 6.45) is 0. The summed E-state index contributed by atoms with van der Waals surface area (Å²) >= 11 is 1.40. The molecule has 0 bridgehead atoms. The van der Waals surface area contributed by atoms with Gasteiger partial charge in [-0.15, -0.1) is 11.3 Å². The molecule has 1 aromatic heterocycles. The molecule has 0 fully saturated rings. The van der Waals surface area contributed by atoms with E-state index in [-0.39, 0.29) is 11.9 Å². The highest BCUT2D eigenvalue weighted by molar-refractivity contribution is 7.12. The lowest BCUT2D eigenvalue weighted by molar-refractivity contribution is 0.103. The van der Waals surface area contributed by atoms with Gasteiger partial charge in [0.25, 0.3) is 5.91 Å². The fourth-order valence-corrected chi connectivity index (χ4v) is 3.20. The van der Waals surface area contributed by atoms with E-state index >= 15 is 0 Å². The second-order valence-corrected chi connectivity index (χ2v) is 6.18. The second-order valence-electron chi connectivity index (χ2n) is 5.27. The third kappa shape index (κ3) is 4.05. The van der Waals surface area contributed by atoms with Crippen LogP contribution in [0.3, 0.4) is 0 Å². The zero-order valence-corrected chi connectivity index (χ0v) is 14.4. The molecular weight excluding hydrogens is 334 g/mol. The molecule has 0 saturated carbocycles. The number of urea groups is 1. The molecule has 0 atom stereocenters. The van der Waals surface area contributed by atoms with E-state index in [1.807, 2.05) is 41.8 Å². The van der Waals surface area contributed by atoms with Gasteiger partial charge >= 0.3 is 6.03 Å². The Bertz CT molecular complexity index is 890. The number of hydrogen-bond acceptors (Lipinski definition) is 3. The van der Waals surface area contributed by atoms with Crippen LogP contribution in [-0.2, 0) is 0 Å². The fraction of sp³-hybridized carbons (Fsp3) is 0.0526. The average Bonchev–Trinajstić information content (AvgIpc) is 3.12. The summed E-state index contributed by atoms with van der Waals surface area (Å²) in [6.45, 7) is 0. The molecule has 0 aliphatic rings. The summed E-state index contributed by atoms with van der Waals surface area (Å²) < 4.78 is 0. The van der Waals surface area contributed by atoms with Crippen molar-refractivity contribution in [3.8, 4) is 11.1 Å². The molecule has 3 amide bonds. The van der Waals surface area contributed by atoms with Crippen LogP contribution in [0.1, 0.15) is 9.67 Å². The van der Waals surface area contributed by atoms with Gasteiger partial charge in [-0.1, -0.05) is 36.4 Å². The van der Waals surface area contributed by atoms with Gasteiger partial charge < -0.3 is 16.0 Å². The number of hydrogen-bond donors (Lipinski definition) is 3. The maximum absolute atomic E-state index is 12.7. The van der Waals surface area contributed by atoms with Gasteiger partial charge in [0.1, 0.15) is 0 Å². The van der Waals surface area contributed by atoms with Crippen LogP contribution in [0.5, 0.6) is 0 Å². The van der Waals surface area contributed by atoms with E-state index in [4.69, 9.17) is 0 Å². The number of carbonyl (C=O) groups excluding carboxylic acids is 2. The predicted octanol–water partition coefficient (Wildman–Crippen LogP) is 4.42. The van der Waals surface area contributed by atoms with E-state index in [0.717, 1.165) is 11.1 Å². The molecule has 0 aliphatic carbocycles. The Hall–Kier alpha value is -3.12. The van der Waals surface area contributed by atoms with E-state index in [1.165, 1.54) is 11.3 Å². The number of anilines is 2.